The molecule has 80 valence electrons. The Morgan fingerprint density at radius 3 is 2.50 bits per heavy atom. The maximum Gasteiger partial charge on any atom is 0.408 e. The zero-order valence-electron chi connectivity index (χ0n) is 8.39. The quantitative estimate of drug-likeness (QED) is 0.636. The van der Waals surface area contributed by atoms with Crippen molar-refractivity contribution in [2.75, 3.05) is 13.7 Å². The van der Waals surface area contributed by atoms with Gasteiger partial charge in [0.15, 0.2) is 5.79 Å². The first-order valence-electron chi connectivity index (χ1n) is 3.99. The van der Waals surface area contributed by atoms with E-state index >= 15 is 0 Å². The number of rotatable bonds is 4. The van der Waals surface area contributed by atoms with Crippen LogP contribution in [-0.4, -0.2) is 46.7 Å². The number of hydrogen-bond donors (Lipinski definition) is 2. The van der Waals surface area contributed by atoms with Gasteiger partial charge < -0.3 is 14.9 Å². The van der Waals surface area contributed by atoms with E-state index in [1.165, 1.54) is 20.9 Å². The third-order valence-electron chi connectivity index (χ3n) is 1.51. The van der Waals surface area contributed by atoms with Crippen LogP contribution in [0.3, 0.4) is 0 Å². The first-order chi connectivity index (χ1) is 6.28. The fourth-order valence-corrected chi connectivity index (χ4v) is 0.652. The summed E-state index contributed by atoms with van der Waals surface area (Å²) in [6.45, 7) is 2.65. The zero-order chi connectivity index (χ0) is 11.4. The minimum atomic E-state index is -1.37. The number of hydrogen-bond acceptors (Lipinski definition) is 4. The lowest BCUT2D eigenvalue weighted by Crippen LogP contribution is -2.40. The van der Waals surface area contributed by atoms with Crippen molar-refractivity contribution in [3.8, 4) is 6.07 Å². The summed E-state index contributed by atoms with van der Waals surface area (Å²) < 4.78 is 4.88. The summed E-state index contributed by atoms with van der Waals surface area (Å²) in [5.74, 6) is -1.37. The maximum atomic E-state index is 10.5. The second-order valence-corrected chi connectivity index (χ2v) is 3.30. The SMILES string of the molecule is CN(C(=O)O)C(C#N)COC(C)(C)O. The van der Waals surface area contributed by atoms with Gasteiger partial charge in [0, 0.05) is 7.05 Å². The molecule has 0 aliphatic carbocycles. The van der Waals surface area contributed by atoms with Crippen LogP contribution >= 0.6 is 0 Å². The predicted molar refractivity (Wildman–Crippen MR) is 47.4 cm³/mol. The van der Waals surface area contributed by atoms with E-state index in [1.54, 1.807) is 6.07 Å². The number of nitrogens with zero attached hydrogens (tertiary/aromatic N) is 2. The topological polar surface area (TPSA) is 93.8 Å². The van der Waals surface area contributed by atoms with E-state index in [2.05, 4.69) is 0 Å². The van der Waals surface area contributed by atoms with Crippen LogP contribution < -0.4 is 0 Å². The van der Waals surface area contributed by atoms with Crippen molar-refractivity contribution in [3.05, 3.63) is 0 Å². The van der Waals surface area contributed by atoms with Gasteiger partial charge >= 0.3 is 6.09 Å². The van der Waals surface area contributed by atoms with Crippen LogP contribution in [-0.2, 0) is 4.74 Å². The van der Waals surface area contributed by atoms with Crippen molar-refractivity contribution < 1.29 is 19.7 Å². The number of nitriles is 1. The van der Waals surface area contributed by atoms with Crippen molar-refractivity contribution in [2.45, 2.75) is 25.7 Å². The molecule has 0 aliphatic rings. The van der Waals surface area contributed by atoms with Gasteiger partial charge in [0.05, 0.1) is 12.7 Å². The highest BCUT2D eigenvalue weighted by Crippen LogP contribution is 2.06. The highest BCUT2D eigenvalue weighted by molar-refractivity contribution is 5.65. The first kappa shape index (κ1) is 12.7. The summed E-state index contributed by atoms with van der Waals surface area (Å²) in [5, 5.41) is 26.4. The van der Waals surface area contributed by atoms with E-state index in [4.69, 9.17) is 15.1 Å². The van der Waals surface area contributed by atoms with Crippen molar-refractivity contribution in [3.63, 3.8) is 0 Å². The summed E-state index contributed by atoms with van der Waals surface area (Å²) in [6, 6.07) is 0.847. The van der Waals surface area contributed by atoms with Crippen LogP contribution in [0.2, 0.25) is 0 Å². The lowest BCUT2D eigenvalue weighted by atomic mass is 10.3. The number of aliphatic hydroxyl groups is 1. The van der Waals surface area contributed by atoms with Gasteiger partial charge in [0.1, 0.15) is 6.04 Å². The van der Waals surface area contributed by atoms with Gasteiger partial charge in [0.2, 0.25) is 0 Å². The Labute approximate surface area is 82.3 Å². The molecule has 0 saturated carbocycles. The van der Waals surface area contributed by atoms with Crippen molar-refractivity contribution in [2.24, 2.45) is 0 Å². The lowest BCUT2D eigenvalue weighted by Gasteiger charge is -2.24. The molecule has 0 bridgehead atoms. The average Bonchev–Trinajstić information content (AvgIpc) is 2.02. The van der Waals surface area contributed by atoms with Crippen LogP contribution in [0.5, 0.6) is 0 Å². The number of ether oxygens (including phenoxy) is 1. The second kappa shape index (κ2) is 4.79. The van der Waals surface area contributed by atoms with Crippen LogP contribution in [0.1, 0.15) is 13.8 Å². The molecule has 6 heteroatoms. The smallest absolute Gasteiger partial charge is 0.408 e. The minimum absolute atomic E-state index is 0.164. The largest absolute Gasteiger partial charge is 0.465 e. The van der Waals surface area contributed by atoms with E-state index in [-0.39, 0.29) is 6.61 Å². The van der Waals surface area contributed by atoms with Gasteiger partial charge in [-0.05, 0) is 13.8 Å². The van der Waals surface area contributed by atoms with Crippen molar-refractivity contribution in [1.29, 1.82) is 5.26 Å². The fourth-order valence-electron chi connectivity index (χ4n) is 0.652. The molecule has 1 atom stereocenters. The van der Waals surface area contributed by atoms with Crippen LogP contribution in [0.15, 0.2) is 0 Å². The normalized spacial score (nSPS) is 13.1. The van der Waals surface area contributed by atoms with Crippen molar-refractivity contribution in [1.82, 2.24) is 4.90 Å². The average molecular weight is 202 g/mol. The van der Waals surface area contributed by atoms with Crippen LogP contribution in [0, 0.1) is 11.3 Å². The Balaban J connectivity index is 4.19. The molecule has 0 aromatic heterocycles. The molecule has 1 unspecified atom stereocenters. The number of likely N-dealkylation sites (N-methyl/N-ethyl adjacent to an activating group) is 1. The molecule has 1 amide bonds. The molecule has 0 rings (SSSR count). The highest BCUT2D eigenvalue weighted by Gasteiger charge is 2.22. The zero-order valence-corrected chi connectivity index (χ0v) is 8.39. The lowest BCUT2D eigenvalue weighted by molar-refractivity contribution is -0.180. The minimum Gasteiger partial charge on any atom is -0.465 e. The maximum absolute atomic E-state index is 10.5. The monoisotopic (exact) mass is 202 g/mol. The van der Waals surface area contributed by atoms with E-state index in [0.717, 1.165) is 4.90 Å². The van der Waals surface area contributed by atoms with E-state index in [9.17, 15) is 9.90 Å². The number of amides is 1. The summed E-state index contributed by atoms with van der Waals surface area (Å²) in [6.07, 6.45) is -1.21. The Morgan fingerprint density at radius 2 is 2.21 bits per heavy atom. The molecule has 0 saturated heterocycles. The van der Waals surface area contributed by atoms with Gasteiger partial charge in [-0.2, -0.15) is 5.26 Å². The predicted octanol–water partition coefficient (Wildman–Crippen LogP) is 0.233. The Kier molecular flexibility index (Phi) is 4.34. The summed E-state index contributed by atoms with van der Waals surface area (Å²) in [5.41, 5.74) is 0. The number of carboxylic acid groups (broad SMARTS) is 1. The van der Waals surface area contributed by atoms with Gasteiger partial charge in [-0.1, -0.05) is 0 Å². The van der Waals surface area contributed by atoms with E-state index in [0.29, 0.717) is 0 Å². The Morgan fingerprint density at radius 1 is 1.71 bits per heavy atom. The standard InChI is InChI=1S/C8H14N2O4/c1-8(2,13)14-5-6(4-9)10(3)7(11)12/h6,13H,5H2,1-3H3,(H,11,12). The highest BCUT2D eigenvalue weighted by atomic mass is 16.6. The van der Waals surface area contributed by atoms with E-state index < -0.39 is 17.9 Å². The molecule has 0 fully saturated rings. The molecule has 2 N–H and O–H groups in total. The number of carbonyl (C=O) groups is 1. The Hall–Kier alpha value is -1.32. The van der Waals surface area contributed by atoms with Gasteiger partial charge in [-0.3, -0.25) is 4.90 Å². The molecule has 0 radical (unpaired) electrons. The molecule has 0 aliphatic heterocycles. The molecule has 0 aromatic rings. The molecular formula is C8H14N2O4. The molecule has 0 aromatic carbocycles. The fraction of sp³-hybridized carbons (Fsp3) is 0.750. The summed E-state index contributed by atoms with van der Waals surface area (Å²) in [7, 11) is 1.27. The first-order valence-corrected chi connectivity index (χ1v) is 3.99. The van der Waals surface area contributed by atoms with E-state index in [1.807, 2.05) is 0 Å². The van der Waals surface area contributed by atoms with Crippen LogP contribution in [0.25, 0.3) is 0 Å². The van der Waals surface area contributed by atoms with Gasteiger partial charge in [-0.15, -0.1) is 0 Å². The summed E-state index contributed by atoms with van der Waals surface area (Å²) in [4.78, 5) is 11.3. The van der Waals surface area contributed by atoms with Gasteiger partial charge in [-0.25, -0.2) is 4.79 Å². The van der Waals surface area contributed by atoms with Crippen LogP contribution in [0.4, 0.5) is 4.79 Å². The molecule has 6 nitrogen and oxygen atoms in total. The van der Waals surface area contributed by atoms with Gasteiger partial charge in [0.25, 0.3) is 0 Å². The third-order valence-corrected chi connectivity index (χ3v) is 1.51. The Bertz CT molecular complexity index is 241. The van der Waals surface area contributed by atoms with Crippen molar-refractivity contribution >= 4 is 6.09 Å². The second-order valence-electron chi connectivity index (χ2n) is 3.30. The molecule has 0 heterocycles. The summed E-state index contributed by atoms with van der Waals surface area (Å²) >= 11 is 0. The molecule has 0 spiro atoms. The third kappa shape index (κ3) is 4.64. The molecule has 14 heavy (non-hydrogen) atoms. The molecular weight excluding hydrogens is 188 g/mol.